The summed E-state index contributed by atoms with van der Waals surface area (Å²) in [4.78, 5) is 23.9. The van der Waals surface area contributed by atoms with Crippen LogP contribution in [-0.2, 0) is 0 Å². The van der Waals surface area contributed by atoms with Gasteiger partial charge in [0.15, 0.2) is 0 Å². The molecule has 3 aromatic rings. The third-order valence-electron chi connectivity index (χ3n) is 5.75. The highest BCUT2D eigenvalue weighted by Gasteiger charge is 2.24. The lowest BCUT2D eigenvalue weighted by atomic mass is 9.91. The van der Waals surface area contributed by atoms with Gasteiger partial charge in [-0.15, -0.1) is 0 Å². The van der Waals surface area contributed by atoms with Crippen LogP contribution in [0.2, 0.25) is 20.1 Å². The predicted octanol–water partition coefficient (Wildman–Crippen LogP) is 6.85. The molecular formula is C23H24Cl4N6O. The standard InChI is InChI=1S/C23H24Cl4N6O/c1-33(2)21-14-5-3-4-6-17(14)30-22(32-21)28-12-7-9-13(10-8-12)29-23(34)31-20-18(26)15(24)11-16(25)19(20)27/h3-6,11-13H,7-10H2,1-2H3,(H,28,30,32)(H2,29,31,34). The Morgan fingerprint density at radius 2 is 1.56 bits per heavy atom. The molecule has 0 unspecified atom stereocenters. The van der Waals surface area contributed by atoms with E-state index in [0.717, 1.165) is 42.4 Å². The molecule has 1 aliphatic carbocycles. The molecule has 0 radical (unpaired) electrons. The number of para-hydroxylation sites is 1. The van der Waals surface area contributed by atoms with Gasteiger partial charge in [0.05, 0.1) is 31.3 Å². The van der Waals surface area contributed by atoms with E-state index in [9.17, 15) is 4.79 Å². The molecule has 11 heteroatoms. The number of halogens is 4. The summed E-state index contributed by atoms with van der Waals surface area (Å²) in [6.07, 6.45) is 3.33. The Hall–Kier alpha value is -2.19. The number of benzene rings is 2. The third kappa shape index (κ3) is 5.54. The lowest BCUT2D eigenvalue weighted by Crippen LogP contribution is -2.42. The normalized spacial score (nSPS) is 17.9. The molecule has 0 spiro atoms. The Bertz CT molecular complexity index is 1190. The fourth-order valence-electron chi connectivity index (χ4n) is 4.05. The average Bonchev–Trinajstić information content (AvgIpc) is 2.81. The molecule has 2 amide bonds. The summed E-state index contributed by atoms with van der Waals surface area (Å²) in [6.45, 7) is 0. The van der Waals surface area contributed by atoms with Crippen molar-refractivity contribution in [2.24, 2.45) is 0 Å². The van der Waals surface area contributed by atoms with E-state index in [1.165, 1.54) is 6.07 Å². The van der Waals surface area contributed by atoms with E-state index in [1.807, 2.05) is 43.3 Å². The Balaban J connectivity index is 1.35. The molecule has 2 aromatic carbocycles. The zero-order valence-electron chi connectivity index (χ0n) is 18.6. The van der Waals surface area contributed by atoms with Crippen molar-refractivity contribution in [1.29, 1.82) is 0 Å². The molecule has 1 heterocycles. The first-order chi connectivity index (χ1) is 16.2. The van der Waals surface area contributed by atoms with Crippen LogP contribution in [0.3, 0.4) is 0 Å². The van der Waals surface area contributed by atoms with Gasteiger partial charge in [0.1, 0.15) is 5.82 Å². The lowest BCUT2D eigenvalue weighted by molar-refractivity contribution is 0.243. The number of anilines is 3. The number of rotatable bonds is 5. The number of hydrogen-bond acceptors (Lipinski definition) is 5. The van der Waals surface area contributed by atoms with Crippen LogP contribution >= 0.6 is 46.4 Å². The van der Waals surface area contributed by atoms with Gasteiger partial charge in [0, 0.05) is 31.6 Å². The van der Waals surface area contributed by atoms with E-state index in [-0.39, 0.29) is 37.9 Å². The largest absolute Gasteiger partial charge is 0.362 e. The number of urea groups is 1. The van der Waals surface area contributed by atoms with Crippen molar-refractivity contribution < 1.29 is 4.79 Å². The van der Waals surface area contributed by atoms with Crippen LogP contribution in [0.1, 0.15) is 25.7 Å². The molecular weight excluding hydrogens is 518 g/mol. The van der Waals surface area contributed by atoms with Gasteiger partial charge in [-0.3, -0.25) is 0 Å². The maximum atomic E-state index is 12.5. The van der Waals surface area contributed by atoms with E-state index >= 15 is 0 Å². The van der Waals surface area contributed by atoms with Crippen molar-refractivity contribution in [3.8, 4) is 0 Å². The molecule has 0 atom stereocenters. The monoisotopic (exact) mass is 540 g/mol. The molecule has 180 valence electrons. The molecule has 1 aliphatic rings. The summed E-state index contributed by atoms with van der Waals surface area (Å²) in [5.41, 5.74) is 1.09. The Labute approximate surface area is 218 Å². The first kappa shape index (κ1) is 24.9. The summed E-state index contributed by atoms with van der Waals surface area (Å²) in [6, 6.07) is 9.22. The van der Waals surface area contributed by atoms with Crippen LogP contribution in [0.25, 0.3) is 10.9 Å². The maximum Gasteiger partial charge on any atom is 0.319 e. The van der Waals surface area contributed by atoms with Gasteiger partial charge in [-0.05, 0) is 43.9 Å². The van der Waals surface area contributed by atoms with E-state index in [2.05, 4.69) is 20.9 Å². The van der Waals surface area contributed by atoms with E-state index in [1.54, 1.807) is 0 Å². The lowest BCUT2D eigenvalue weighted by Gasteiger charge is -2.30. The minimum atomic E-state index is -0.410. The van der Waals surface area contributed by atoms with Crippen molar-refractivity contribution in [2.75, 3.05) is 29.6 Å². The molecule has 34 heavy (non-hydrogen) atoms. The quantitative estimate of drug-likeness (QED) is 0.307. The third-order valence-corrected chi connectivity index (χ3v) is 7.33. The summed E-state index contributed by atoms with van der Waals surface area (Å²) in [5, 5.41) is 10.8. The second-order valence-corrected chi connectivity index (χ2v) is 9.99. The van der Waals surface area contributed by atoms with Gasteiger partial charge >= 0.3 is 6.03 Å². The van der Waals surface area contributed by atoms with Gasteiger partial charge in [0.25, 0.3) is 0 Å². The minimum absolute atomic E-state index is 0.0140. The predicted molar refractivity (Wildman–Crippen MR) is 142 cm³/mol. The van der Waals surface area contributed by atoms with Gasteiger partial charge in [0.2, 0.25) is 5.95 Å². The fourth-order valence-corrected chi connectivity index (χ4v) is 4.95. The second kappa shape index (κ2) is 10.6. The second-order valence-electron chi connectivity index (χ2n) is 8.42. The zero-order chi connectivity index (χ0) is 24.4. The smallest absolute Gasteiger partial charge is 0.319 e. The molecule has 0 saturated heterocycles. The van der Waals surface area contributed by atoms with Crippen molar-refractivity contribution in [3.05, 3.63) is 50.4 Å². The average molecular weight is 542 g/mol. The Morgan fingerprint density at radius 3 is 2.21 bits per heavy atom. The number of fused-ring (bicyclic) bond motifs is 1. The minimum Gasteiger partial charge on any atom is -0.362 e. The number of nitrogens with one attached hydrogen (secondary N) is 3. The molecule has 3 N–H and O–H groups in total. The van der Waals surface area contributed by atoms with Crippen molar-refractivity contribution in [1.82, 2.24) is 15.3 Å². The van der Waals surface area contributed by atoms with Crippen LogP contribution in [-0.4, -0.2) is 42.2 Å². The van der Waals surface area contributed by atoms with Crippen molar-refractivity contribution >= 4 is 80.8 Å². The number of amides is 2. The molecule has 0 aliphatic heterocycles. The van der Waals surface area contributed by atoms with Crippen molar-refractivity contribution in [3.63, 3.8) is 0 Å². The Morgan fingerprint density at radius 1 is 0.941 bits per heavy atom. The molecule has 4 rings (SSSR count). The first-order valence-corrected chi connectivity index (χ1v) is 12.3. The summed E-state index contributed by atoms with van der Waals surface area (Å²) in [5.74, 6) is 1.48. The van der Waals surface area contributed by atoms with Crippen LogP contribution in [0, 0.1) is 0 Å². The summed E-state index contributed by atoms with van der Waals surface area (Å²) >= 11 is 24.4. The molecule has 1 fully saturated rings. The molecule has 1 aromatic heterocycles. The molecule has 0 bridgehead atoms. The summed E-state index contributed by atoms with van der Waals surface area (Å²) in [7, 11) is 3.94. The summed E-state index contributed by atoms with van der Waals surface area (Å²) < 4.78 is 0. The Kier molecular flexibility index (Phi) is 7.77. The van der Waals surface area contributed by atoms with Gasteiger partial charge in [-0.1, -0.05) is 58.5 Å². The number of nitrogens with zero attached hydrogens (tertiary/aromatic N) is 3. The highest BCUT2D eigenvalue weighted by atomic mass is 35.5. The highest BCUT2D eigenvalue weighted by Crippen LogP contribution is 2.41. The van der Waals surface area contributed by atoms with Crippen LogP contribution in [0.15, 0.2) is 30.3 Å². The van der Waals surface area contributed by atoms with Crippen molar-refractivity contribution in [2.45, 2.75) is 37.8 Å². The molecule has 1 saturated carbocycles. The number of carbonyl (C=O) groups is 1. The fraction of sp³-hybridized carbons (Fsp3) is 0.348. The zero-order valence-corrected chi connectivity index (χ0v) is 21.7. The first-order valence-electron chi connectivity index (χ1n) is 10.8. The van der Waals surface area contributed by atoms with Crippen LogP contribution in [0.4, 0.5) is 22.2 Å². The van der Waals surface area contributed by atoms with E-state index in [0.29, 0.717) is 5.95 Å². The highest BCUT2D eigenvalue weighted by molar-refractivity contribution is 6.50. The van der Waals surface area contributed by atoms with Gasteiger partial charge in [-0.2, -0.15) is 4.98 Å². The van der Waals surface area contributed by atoms with E-state index in [4.69, 9.17) is 51.4 Å². The molecule has 7 nitrogen and oxygen atoms in total. The number of aromatic nitrogens is 2. The maximum absolute atomic E-state index is 12.5. The van der Waals surface area contributed by atoms with Crippen LogP contribution < -0.4 is 20.9 Å². The van der Waals surface area contributed by atoms with Gasteiger partial charge in [-0.25, -0.2) is 9.78 Å². The van der Waals surface area contributed by atoms with Crippen LogP contribution in [0.5, 0.6) is 0 Å². The number of carbonyl (C=O) groups excluding carboxylic acids is 1. The van der Waals surface area contributed by atoms with Gasteiger partial charge < -0.3 is 20.9 Å². The topological polar surface area (TPSA) is 82.2 Å². The number of hydrogen-bond donors (Lipinski definition) is 3. The SMILES string of the molecule is CN(C)c1nc(NC2CCC(NC(=O)Nc3c(Cl)c(Cl)cc(Cl)c3Cl)CC2)nc2ccccc12. The van der Waals surface area contributed by atoms with E-state index < -0.39 is 6.03 Å².